The van der Waals surface area contributed by atoms with Crippen molar-refractivity contribution in [2.75, 3.05) is 0 Å². The van der Waals surface area contributed by atoms with Gasteiger partial charge < -0.3 is 5.73 Å². The Morgan fingerprint density at radius 3 is 2.79 bits per heavy atom. The van der Waals surface area contributed by atoms with Gasteiger partial charge in [-0.15, -0.1) is 0 Å². The topological polar surface area (TPSA) is 62.2 Å². The normalized spacial score (nSPS) is 18.8. The first-order valence-corrected chi connectivity index (χ1v) is 10.0. The summed E-state index contributed by atoms with van der Waals surface area (Å²) in [4.78, 5) is 4.41. The van der Waals surface area contributed by atoms with Crippen LogP contribution in [0.15, 0.2) is 59.1 Å². The maximum Gasteiger partial charge on any atom is 0.151 e. The largest absolute Gasteiger partial charge is 0.324 e. The van der Waals surface area contributed by atoms with Crippen molar-refractivity contribution in [2.45, 2.75) is 45.6 Å². The molecule has 0 spiro atoms. The molecule has 2 aromatic carbocycles. The van der Waals surface area contributed by atoms with Crippen LogP contribution in [0.5, 0.6) is 0 Å². The number of nitrogens with zero attached hydrogens (tertiary/aromatic N) is 1. The summed E-state index contributed by atoms with van der Waals surface area (Å²) in [5, 5.41) is 8.33. The standard InChI is InChI=1S/C25H27N3/c1-16-4-3-5-19(12-16)22-9-6-18(13-17(22)2)15-28-25(27)21-7-10-23-20(14-21)8-11-24(23)26/h4,6-7,9-10,12-15,24,27H,3,5,8,11,26H2,1-2H3/b27-25?,28-15+. The number of nitrogens with two attached hydrogens (primary N) is 1. The summed E-state index contributed by atoms with van der Waals surface area (Å²) in [7, 11) is 0. The monoisotopic (exact) mass is 369 g/mol. The Hall–Kier alpha value is -2.78. The van der Waals surface area contributed by atoms with E-state index in [9.17, 15) is 0 Å². The lowest BCUT2D eigenvalue weighted by atomic mass is 9.91. The number of fused-ring (bicyclic) bond motifs is 1. The summed E-state index contributed by atoms with van der Waals surface area (Å²) in [6.07, 6.45) is 10.6. The number of hydrogen-bond acceptors (Lipinski definition) is 2. The van der Waals surface area contributed by atoms with Crippen molar-refractivity contribution in [3.8, 4) is 0 Å². The van der Waals surface area contributed by atoms with Gasteiger partial charge in [0.15, 0.2) is 5.84 Å². The van der Waals surface area contributed by atoms with Gasteiger partial charge in [0, 0.05) is 17.8 Å². The molecule has 0 bridgehead atoms. The van der Waals surface area contributed by atoms with Crippen molar-refractivity contribution in [1.29, 1.82) is 5.41 Å². The van der Waals surface area contributed by atoms with E-state index in [1.807, 2.05) is 6.07 Å². The summed E-state index contributed by atoms with van der Waals surface area (Å²) in [6, 6.07) is 12.7. The predicted molar refractivity (Wildman–Crippen MR) is 118 cm³/mol. The smallest absolute Gasteiger partial charge is 0.151 e. The second-order valence-electron chi connectivity index (χ2n) is 7.90. The van der Waals surface area contributed by atoms with Crippen LogP contribution in [0.4, 0.5) is 0 Å². The molecular weight excluding hydrogens is 342 g/mol. The van der Waals surface area contributed by atoms with Gasteiger partial charge in [-0.1, -0.05) is 42.0 Å². The average molecular weight is 370 g/mol. The minimum Gasteiger partial charge on any atom is -0.324 e. The Bertz CT molecular complexity index is 1020. The number of aryl methyl sites for hydroxylation is 2. The van der Waals surface area contributed by atoms with E-state index in [1.54, 1.807) is 6.21 Å². The third-order valence-corrected chi connectivity index (χ3v) is 5.76. The first-order valence-electron chi connectivity index (χ1n) is 10.0. The van der Waals surface area contributed by atoms with E-state index in [4.69, 9.17) is 11.1 Å². The molecule has 0 heterocycles. The molecule has 3 heteroatoms. The zero-order chi connectivity index (χ0) is 19.7. The highest BCUT2D eigenvalue weighted by Gasteiger charge is 2.19. The number of allylic oxidation sites excluding steroid dienone is 4. The molecule has 2 aromatic rings. The number of amidine groups is 1. The van der Waals surface area contributed by atoms with Gasteiger partial charge in [0.2, 0.25) is 0 Å². The van der Waals surface area contributed by atoms with Gasteiger partial charge in [0.05, 0.1) is 0 Å². The van der Waals surface area contributed by atoms with Crippen LogP contribution in [-0.2, 0) is 6.42 Å². The van der Waals surface area contributed by atoms with E-state index in [-0.39, 0.29) is 6.04 Å². The molecule has 1 atom stereocenters. The van der Waals surface area contributed by atoms with Crippen molar-refractivity contribution in [3.63, 3.8) is 0 Å². The van der Waals surface area contributed by atoms with Gasteiger partial charge >= 0.3 is 0 Å². The molecule has 2 aliphatic rings. The fraction of sp³-hybridized carbons (Fsp3) is 0.280. The molecule has 0 radical (unpaired) electrons. The lowest BCUT2D eigenvalue weighted by molar-refractivity contribution is 0.713. The molecule has 0 saturated carbocycles. The molecule has 0 aliphatic heterocycles. The number of rotatable bonds is 3. The van der Waals surface area contributed by atoms with Crippen molar-refractivity contribution in [2.24, 2.45) is 10.7 Å². The summed E-state index contributed by atoms with van der Waals surface area (Å²) < 4.78 is 0. The highest BCUT2D eigenvalue weighted by Crippen LogP contribution is 2.30. The molecule has 1 unspecified atom stereocenters. The Labute approximate surface area is 167 Å². The maximum absolute atomic E-state index is 8.33. The summed E-state index contributed by atoms with van der Waals surface area (Å²) in [5.41, 5.74) is 15.8. The van der Waals surface area contributed by atoms with Crippen LogP contribution in [0.1, 0.15) is 65.6 Å². The fourth-order valence-electron chi connectivity index (χ4n) is 4.21. The summed E-state index contributed by atoms with van der Waals surface area (Å²) in [5.74, 6) is 0.292. The van der Waals surface area contributed by atoms with Crippen molar-refractivity contribution >= 4 is 17.6 Å². The Balaban J connectivity index is 1.51. The van der Waals surface area contributed by atoms with Crippen molar-refractivity contribution in [3.05, 3.63) is 87.5 Å². The van der Waals surface area contributed by atoms with Crippen LogP contribution in [0, 0.1) is 12.3 Å². The quantitative estimate of drug-likeness (QED) is 0.544. The molecular formula is C25H27N3. The minimum absolute atomic E-state index is 0.141. The third kappa shape index (κ3) is 3.76. The van der Waals surface area contributed by atoms with Gasteiger partial charge in [-0.2, -0.15) is 0 Å². The fourth-order valence-corrected chi connectivity index (χ4v) is 4.21. The molecule has 3 N–H and O–H groups in total. The molecule has 0 saturated heterocycles. The molecule has 0 amide bonds. The van der Waals surface area contributed by atoms with Crippen LogP contribution < -0.4 is 5.73 Å². The van der Waals surface area contributed by atoms with Crippen molar-refractivity contribution < 1.29 is 0 Å². The SMILES string of the molecule is CC1=CCCC(c2ccc(/C=N/C(=N)c3ccc4c(c3)CCC4N)cc2C)=C1. The molecule has 28 heavy (non-hydrogen) atoms. The first-order chi connectivity index (χ1) is 13.5. The zero-order valence-electron chi connectivity index (χ0n) is 16.6. The lowest BCUT2D eigenvalue weighted by Crippen LogP contribution is -2.05. The first kappa shape index (κ1) is 18.6. The van der Waals surface area contributed by atoms with Crippen LogP contribution in [-0.4, -0.2) is 12.1 Å². The molecule has 0 fully saturated rings. The second kappa shape index (κ2) is 7.69. The number of nitrogens with one attached hydrogen (secondary N) is 1. The van der Waals surface area contributed by atoms with E-state index < -0.39 is 0 Å². The number of hydrogen-bond donors (Lipinski definition) is 2. The average Bonchev–Trinajstić information content (AvgIpc) is 3.06. The molecule has 3 nitrogen and oxygen atoms in total. The second-order valence-corrected chi connectivity index (χ2v) is 7.90. The summed E-state index contributed by atoms with van der Waals surface area (Å²) in [6.45, 7) is 4.31. The molecule has 0 aromatic heterocycles. The van der Waals surface area contributed by atoms with Crippen LogP contribution in [0.3, 0.4) is 0 Å². The van der Waals surface area contributed by atoms with Crippen molar-refractivity contribution in [1.82, 2.24) is 0 Å². The zero-order valence-corrected chi connectivity index (χ0v) is 16.6. The van der Waals surface area contributed by atoms with E-state index in [0.29, 0.717) is 5.84 Å². The maximum atomic E-state index is 8.33. The molecule has 4 rings (SSSR count). The Kier molecular flexibility index (Phi) is 5.10. The highest BCUT2D eigenvalue weighted by atomic mass is 14.8. The van der Waals surface area contributed by atoms with E-state index in [2.05, 4.69) is 61.3 Å². The van der Waals surface area contributed by atoms with E-state index >= 15 is 0 Å². The Morgan fingerprint density at radius 1 is 1.14 bits per heavy atom. The lowest BCUT2D eigenvalue weighted by Gasteiger charge is -2.14. The predicted octanol–water partition coefficient (Wildman–Crippen LogP) is 5.51. The van der Waals surface area contributed by atoms with Gasteiger partial charge in [-0.3, -0.25) is 5.41 Å². The van der Waals surface area contributed by atoms with Gasteiger partial charge in [-0.25, -0.2) is 4.99 Å². The number of aliphatic imine (C=N–C) groups is 1. The van der Waals surface area contributed by atoms with Crippen LogP contribution >= 0.6 is 0 Å². The van der Waals surface area contributed by atoms with Crippen LogP contribution in [0.25, 0.3) is 5.57 Å². The summed E-state index contributed by atoms with van der Waals surface area (Å²) >= 11 is 0. The van der Waals surface area contributed by atoms with Crippen LogP contribution in [0.2, 0.25) is 0 Å². The van der Waals surface area contributed by atoms with E-state index in [0.717, 1.165) is 36.8 Å². The molecule has 142 valence electrons. The van der Waals surface area contributed by atoms with Gasteiger partial charge in [0.25, 0.3) is 0 Å². The number of benzene rings is 2. The van der Waals surface area contributed by atoms with Gasteiger partial charge in [-0.05, 0) is 85.1 Å². The minimum atomic E-state index is 0.141. The highest BCUT2D eigenvalue weighted by molar-refractivity contribution is 6.03. The molecule has 2 aliphatic carbocycles. The van der Waals surface area contributed by atoms with Gasteiger partial charge in [0.1, 0.15) is 0 Å². The third-order valence-electron chi connectivity index (χ3n) is 5.76. The van der Waals surface area contributed by atoms with E-state index in [1.165, 1.54) is 33.4 Å². The Morgan fingerprint density at radius 2 is 2.00 bits per heavy atom.